The van der Waals surface area contributed by atoms with E-state index in [2.05, 4.69) is 15.3 Å². The van der Waals surface area contributed by atoms with Crippen molar-refractivity contribution in [2.75, 3.05) is 19.8 Å². The summed E-state index contributed by atoms with van der Waals surface area (Å²) in [6.45, 7) is 5.26. The molecule has 2 heterocycles. The van der Waals surface area contributed by atoms with E-state index in [0.29, 0.717) is 18.8 Å². The molecular formula is C14H21N3O3. The summed E-state index contributed by atoms with van der Waals surface area (Å²) < 4.78 is 10.7. The molecule has 0 radical (unpaired) electrons. The maximum Gasteiger partial charge on any atom is 0.332 e. The third-order valence-corrected chi connectivity index (χ3v) is 3.47. The van der Waals surface area contributed by atoms with Crippen molar-refractivity contribution in [3.63, 3.8) is 0 Å². The minimum absolute atomic E-state index is 0.139. The lowest BCUT2D eigenvalue weighted by Crippen LogP contribution is -2.50. The van der Waals surface area contributed by atoms with Gasteiger partial charge in [-0.15, -0.1) is 0 Å². The van der Waals surface area contributed by atoms with Crippen LogP contribution in [0.25, 0.3) is 0 Å². The largest absolute Gasteiger partial charge is 0.464 e. The van der Waals surface area contributed by atoms with Crippen LogP contribution in [0.5, 0.6) is 0 Å². The highest BCUT2D eigenvalue weighted by Crippen LogP contribution is 2.21. The number of rotatable bonds is 6. The molecule has 1 N–H and O–H groups in total. The summed E-state index contributed by atoms with van der Waals surface area (Å²) in [6, 6.07) is 0. The van der Waals surface area contributed by atoms with E-state index in [4.69, 9.17) is 9.47 Å². The van der Waals surface area contributed by atoms with E-state index >= 15 is 0 Å². The van der Waals surface area contributed by atoms with Crippen LogP contribution in [0.15, 0.2) is 18.6 Å². The molecule has 1 aliphatic heterocycles. The second-order valence-corrected chi connectivity index (χ2v) is 4.95. The van der Waals surface area contributed by atoms with Crippen molar-refractivity contribution < 1.29 is 14.3 Å². The zero-order chi connectivity index (χ0) is 14.4. The van der Waals surface area contributed by atoms with Crippen molar-refractivity contribution in [1.82, 2.24) is 15.3 Å². The standard InChI is InChI=1S/C14H21N3O3/c1-3-19-13(18)14(2,12-10-15-6-7-16-12)17-9-11-5-4-8-20-11/h6-7,10-11,17H,3-5,8-9H2,1-2H3. The van der Waals surface area contributed by atoms with E-state index in [1.165, 1.54) is 0 Å². The molecule has 2 unspecified atom stereocenters. The third kappa shape index (κ3) is 3.32. The van der Waals surface area contributed by atoms with Crippen LogP contribution in [0.2, 0.25) is 0 Å². The van der Waals surface area contributed by atoms with E-state index < -0.39 is 5.54 Å². The molecule has 1 fully saturated rings. The first kappa shape index (κ1) is 14.9. The molecule has 0 amide bonds. The van der Waals surface area contributed by atoms with Gasteiger partial charge in [0.1, 0.15) is 0 Å². The molecule has 1 aliphatic rings. The first-order valence-corrected chi connectivity index (χ1v) is 6.97. The molecule has 0 saturated carbocycles. The first-order valence-electron chi connectivity index (χ1n) is 6.97. The Morgan fingerprint density at radius 1 is 1.60 bits per heavy atom. The second-order valence-electron chi connectivity index (χ2n) is 4.95. The van der Waals surface area contributed by atoms with Gasteiger partial charge in [0.2, 0.25) is 0 Å². The highest BCUT2D eigenvalue weighted by atomic mass is 16.5. The van der Waals surface area contributed by atoms with E-state index in [0.717, 1.165) is 19.4 Å². The van der Waals surface area contributed by atoms with Crippen LogP contribution >= 0.6 is 0 Å². The lowest BCUT2D eigenvalue weighted by molar-refractivity contribution is -0.151. The molecule has 0 spiro atoms. The molecule has 20 heavy (non-hydrogen) atoms. The fourth-order valence-corrected chi connectivity index (χ4v) is 2.22. The second kappa shape index (κ2) is 6.76. The SMILES string of the molecule is CCOC(=O)C(C)(NCC1CCCO1)c1cnccn1. The number of hydrogen-bond acceptors (Lipinski definition) is 6. The van der Waals surface area contributed by atoms with Gasteiger partial charge in [0.25, 0.3) is 0 Å². The topological polar surface area (TPSA) is 73.3 Å². The minimum Gasteiger partial charge on any atom is -0.464 e. The maximum atomic E-state index is 12.3. The average Bonchev–Trinajstić information content (AvgIpc) is 2.99. The fourth-order valence-electron chi connectivity index (χ4n) is 2.22. The zero-order valence-corrected chi connectivity index (χ0v) is 12.0. The van der Waals surface area contributed by atoms with Crippen molar-refractivity contribution in [2.45, 2.75) is 38.3 Å². The number of nitrogens with zero attached hydrogens (tertiary/aromatic N) is 2. The molecule has 1 saturated heterocycles. The van der Waals surface area contributed by atoms with Gasteiger partial charge in [-0.05, 0) is 26.7 Å². The van der Waals surface area contributed by atoms with Crippen LogP contribution < -0.4 is 5.32 Å². The summed E-state index contributed by atoms with van der Waals surface area (Å²) in [5.74, 6) is -0.349. The average molecular weight is 279 g/mol. The molecule has 2 atom stereocenters. The zero-order valence-electron chi connectivity index (χ0n) is 12.0. The van der Waals surface area contributed by atoms with Crippen molar-refractivity contribution in [1.29, 1.82) is 0 Å². The lowest BCUT2D eigenvalue weighted by Gasteiger charge is -2.28. The molecule has 1 aromatic rings. The minimum atomic E-state index is -1.00. The third-order valence-electron chi connectivity index (χ3n) is 3.47. The molecule has 6 nitrogen and oxygen atoms in total. The van der Waals surface area contributed by atoms with Crippen molar-refractivity contribution >= 4 is 5.97 Å². The van der Waals surface area contributed by atoms with E-state index in [9.17, 15) is 4.79 Å². The number of aromatic nitrogens is 2. The van der Waals surface area contributed by atoms with Crippen LogP contribution in [0.1, 0.15) is 32.4 Å². The monoisotopic (exact) mass is 279 g/mol. The molecule has 6 heteroatoms. The van der Waals surface area contributed by atoms with Crippen molar-refractivity contribution in [2.24, 2.45) is 0 Å². The highest BCUT2D eigenvalue weighted by Gasteiger charge is 2.39. The predicted molar refractivity (Wildman–Crippen MR) is 73.0 cm³/mol. The lowest BCUT2D eigenvalue weighted by atomic mass is 9.97. The van der Waals surface area contributed by atoms with Crippen LogP contribution in [0.3, 0.4) is 0 Å². The predicted octanol–water partition coefficient (Wildman–Crippen LogP) is 1.02. The molecule has 0 aliphatic carbocycles. The van der Waals surface area contributed by atoms with E-state index in [-0.39, 0.29) is 12.1 Å². The Bertz CT molecular complexity index is 435. The Balaban J connectivity index is 2.12. The quantitative estimate of drug-likeness (QED) is 0.784. The van der Waals surface area contributed by atoms with Gasteiger partial charge in [0.15, 0.2) is 5.54 Å². The van der Waals surface area contributed by atoms with Crippen molar-refractivity contribution in [3.05, 3.63) is 24.3 Å². The number of carbonyl (C=O) groups excluding carboxylic acids is 1. The van der Waals surface area contributed by atoms with Gasteiger partial charge in [-0.25, -0.2) is 4.79 Å². The Morgan fingerprint density at radius 2 is 2.45 bits per heavy atom. The molecule has 0 aromatic carbocycles. The Kier molecular flexibility index (Phi) is 5.03. The normalized spacial score (nSPS) is 21.4. The first-order chi connectivity index (χ1) is 9.66. The van der Waals surface area contributed by atoms with Gasteiger partial charge < -0.3 is 9.47 Å². The van der Waals surface area contributed by atoms with Gasteiger partial charge in [-0.2, -0.15) is 0 Å². The van der Waals surface area contributed by atoms with Crippen LogP contribution in [-0.2, 0) is 19.8 Å². The number of ether oxygens (including phenoxy) is 2. The highest BCUT2D eigenvalue weighted by molar-refractivity contribution is 5.81. The Hall–Kier alpha value is -1.53. The van der Waals surface area contributed by atoms with Crippen LogP contribution in [0.4, 0.5) is 0 Å². The van der Waals surface area contributed by atoms with Gasteiger partial charge in [-0.1, -0.05) is 0 Å². The Labute approximate surface area is 118 Å². The van der Waals surface area contributed by atoms with Crippen molar-refractivity contribution in [3.8, 4) is 0 Å². The maximum absolute atomic E-state index is 12.3. The summed E-state index contributed by atoms with van der Waals surface area (Å²) in [6.07, 6.45) is 6.94. The van der Waals surface area contributed by atoms with Gasteiger partial charge in [-0.3, -0.25) is 15.3 Å². The summed E-state index contributed by atoms with van der Waals surface area (Å²) in [5.41, 5.74) is -0.451. The Morgan fingerprint density at radius 3 is 3.05 bits per heavy atom. The molecular weight excluding hydrogens is 258 g/mol. The number of hydrogen-bond donors (Lipinski definition) is 1. The van der Waals surface area contributed by atoms with Gasteiger partial charge in [0, 0.05) is 25.5 Å². The van der Waals surface area contributed by atoms with Gasteiger partial charge in [0.05, 0.1) is 24.6 Å². The molecule has 110 valence electrons. The smallest absolute Gasteiger partial charge is 0.332 e. The number of nitrogens with one attached hydrogen (secondary N) is 1. The molecule has 1 aromatic heterocycles. The van der Waals surface area contributed by atoms with Gasteiger partial charge >= 0.3 is 5.97 Å². The number of esters is 1. The van der Waals surface area contributed by atoms with E-state index in [1.807, 2.05) is 0 Å². The van der Waals surface area contributed by atoms with Crippen LogP contribution in [-0.4, -0.2) is 41.8 Å². The summed E-state index contributed by atoms with van der Waals surface area (Å²) in [4.78, 5) is 20.5. The van der Waals surface area contributed by atoms with Crippen LogP contribution in [0, 0.1) is 0 Å². The summed E-state index contributed by atoms with van der Waals surface area (Å²) in [7, 11) is 0. The molecule has 0 bridgehead atoms. The number of carbonyl (C=O) groups is 1. The fraction of sp³-hybridized carbons (Fsp3) is 0.643. The van der Waals surface area contributed by atoms with E-state index in [1.54, 1.807) is 32.4 Å². The summed E-state index contributed by atoms with van der Waals surface area (Å²) in [5, 5.41) is 3.24. The molecule has 2 rings (SSSR count). The summed E-state index contributed by atoms with van der Waals surface area (Å²) >= 11 is 0.